The van der Waals surface area contributed by atoms with Crippen LogP contribution in [0.25, 0.3) is 16.6 Å². The van der Waals surface area contributed by atoms with Crippen LogP contribution >= 0.6 is 0 Å². The molecule has 0 aliphatic carbocycles. The number of methoxy groups -OCH3 is 1. The predicted molar refractivity (Wildman–Crippen MR) is 168 cm³/mol. The minimum Gasteiger partial charge on any atom is -0.495 e. The van der Waals surface area contributed by atoms with E-state index in [0.29, 0.717) is 41.1 Å². The quantitative estimate of drug-likeness (QED) is 0.215. The zero-order valence-corrected chi connectivity index (χ0v) is 25.3. The van der Waals surface area contributed by atoms with Gasteiger partial charge < -0.3 is 15.0 Å². The monoisotopic (exact) mass is 554 g/mol. The summed E-state index contributed by atoms with van der Waals surface area (Å²) in [7, 11) is 1.59. The second-order valence-electron chi connectivity index (χ2n) is 11.0. The average molecular weight is 555 g/mol. The number of carbonyl (C=O) groups excluding carboxylic acids is 1. The van der Waals surface area contributed by atoms with Crippen LogP contribution in [0.15, 0.2) is 71.5 Å². The first-order valence-corrected chi connectivity index (χ1v) is 14.6. The van der Waals surface area contributed by atoms with Crippen molar-refractivity contribution in [2.75, 3.05) is 19.0 Å². The zero-order valence-electron chi connectivity index (χ0n) is 25.3. The van der Waals surface area contributed by atoms with Crippen LogP contribution in [0.3, 0.4) is 0 Å². The maximum Gasteiger partial charge on any atom is 0.322 e. The largest absolute Gasteiger partial charge is 0.495 e. The Bertz CT molecular complexity index is 1550. The van der Waals surface area contributed by atoms with Gasteiger partial charge in [0, 0.05) is 12.2 Å². The van der Waals surface area contributed by atoms with Crippen LogP contribution in [0.4, 0.5) is 10.5 Å². The standard InChI is InChI=1S/C34H42N4O3/c1-8-21-37(34(40)36-31-24(22(3)4)16-14-17-25(31)23(5)6)28(9-2)32-35-27-18-11-10-15-26(27)33(39)38(32)29-19-12-13-20-30(29)41-7/h10-20,22-23,28H,8-9,21H2,1-7H3,(H,36,40). The molecular weight excluding hydrogens is 512 g/mol. The van der Waals surface area contributed by atoms with Gasteiger partial charge in [-0.25, -0.2) is 9.78 Å². The number of fused-ring (bicyclic) bond motifs is 1. The van der Waals surface area contributed by atoms with Gasteiger partial charge in [0.25, 0.3) is 5.56 Å². The van der Waals surface area contributed by atoms with Gasteiger partial charge in [0.05, 0.1) is 29.7 Å². The average Bonchev–Trinajstić information content (AvgIpc) is 2.97. The first kappa shape index (κ1) is 29.8. The molecule has 1 heterocycles. The summed E-state index contributed by atoms with van der Waals surface area (Å²) in [5, 5.41) is 3.80. The van der Waals surface area contributed by atoms with Gasteiger partial charge in [-0.05, 0) is 60.1 Å². The molecule has 0 aliphatic rings. The van der Waals surface area contributed by atoms with Gasteiger partial charge in [-0.15, -0.1) is 0 Å². The van der Waals surface area contributed by atoms with E-state index in [9.17, 15) is 9.59 Å². The van der Waals surface area contributed by atoms with Gasteiger partial charge in [0.15, 0.2) is 0 Å². The summed E-state index contributed by atoms with van der Waals surface area (Å²) < 4.78 is 7.28. The van der Waals surface area contributed by atoms with Crippen LogP contribution in [0.2, 0.25) is 0 Å². The topological polar surface area (TPSA) is 76.5 Å². The molecule has 7 nitrogen and oxygen atoms in total. The number of anilines is 1. The summed E-state index contributed by atoms with van der Waals surface area (Å²) in [6.45, 7) is 13.1. The fourth-order valence-corrected chi connectivity index (χ4v) is 5.48. The predicted octanol–water partition coefficient (Wildman–Crippen LogP) is 8.04. The number of aromatic nitrogens is 2. The Kier molecular flexibility index (Phi) is 9.48. The number of ether oxygens (including phenoxy) is 1. The van der Waals surface area contributed by atoms with Crippen molar-refractivity contribution in [3.63, 3.8) is 0 Å². The maximum atomic E-state index is 14.2. The van der Waals surface area contributed by atoms with Gasteiger partial charge in [-0.1, -0.05) is 84.0 Å². The van der Waals surface area contributed by atoms with E-state index in [1.165, 1.54) is 0 Å². The number of hydrogen-bond acceptors (Lipinski definition) is 4. The zero-order chi connectivity index (χ0) is 29.7. The van der Waals surface area contributed by atoms with Gasteiger partial charge in [0.2, 0.25) is 0 Å². The molecule has 3 aromatic carbocycles. The van der Waals surface area contributed by atoms with E-state index in [2.05, 4.69) is 58.1 Å². The Hall–Kier alpha value is -4.13. The molecule has 2 amide bonds. The van der Waals surface area contributed by atoms with Gasteiger partial charge in [0.1, 0.15) is 11.6 Å². The first-order valence-electron chi connectivity index (χ1n) is 14.6. The Labute approximate surface area is 243 Å². The fourth-order valence-electron chi connectivity index (χ4n) is 5.48. The second kappa shape index (κ2) is 13.0. The molecule has 4 aromatic rings. The lowest BCUT2D eigenvalue weighted by molar-refractivity contribution is 0.181. The molecule has 0 spiro atoms. The van der Waals surface area contributed by atoms with Gasteiger partial charge in [-0.3, -0.25) is 9.36 Å². The molecule has 4 rings (SSSR count). The number of urea groups is 1. The van der Waals surface area contributed by atoms with Crippen molar-refractivity contribution >= 4 is 22.6 Å². The molecule has 0 bridgehead atoms. The van der Waals surface area contributed by atoms with Crippen LogP contribution in [-0.4, -0.2) is 34.1 Å². The smallest absolute Gasteiger partial charge is 0.322 e. The highest BCUT2D eigenvalue weighted by Gasteiger charge is 2.30. The number of nitrogens with zero attached hydrogens (tertiary/aromatic N) is 3. The van der Waals surface area contributed by atoms with E-state index in [4.69, 9.17) is 9.72 Å². The number of amides is 2. The molecule has 1 atom stereocenters. The lowest BCUT2D eigenvalue weighted by Gasteiger charge is -2.33. The molecule has 0 saturated heterocycles. The molecule has 0 radical (unpaired) electrons. The lowest BCUT2D eigenvalue weighted by Crippen LogP contribution is -2.41. The number of para-hydroxylation sites is 4. The number of benzene rings is 3. The molecule has 1 unspecified atom stereocenters. The summed E-state index contributed by atoms with van der Waals surface area (Å²) in [5.74, 6) is 1.54. The van der Waals surface area contributed by atoms with Crippen LogP contribution in [-0.2, 0) is 0 Å². The molecule has 0 saturated carbocycles. The van der Waals surface area contributed by atoms with Crippen LogP contribution < -0.4 is 15.6 Å². The van der Waals surface area contributed by atoms with Crippen molar-refractivity contribution in [3.8, 4) is 11.4 Å². The third-order valence-corrected chi connectivity index (χ3v) is 7.52. The summed E-state index contributed by atoms with van der Waals surface area (Å²) in [5.41, 5.74) is 4.06. The van der Waals surface area contributed by atoms with E-state index < -0.39 is 6.04 Å². The fraction of sp³-hybridized carbons (Fsp3) is 0.382. The van der Waals surface area contributed by atoms with E-state index in [-0.39, 0.29) is 23.4 Å². The Morgan fingerprint density at radius 3 is 2.17 bits per heavy atom. The first-order chi connectivity index (χ1) is 19.7. The molecule has 41 heavy (non-hydrogen) atoms. The summed E-state index contributed by atoms with van der Waals surface area (Å²) in [4.78, 5) is 35.1. The Morgan fingerprint density at radius 2 is 1.56 bits per heavy atom. The molecule has 0 fully saturated rings. The van der Waals surface area contributed by atoms with Gasteiger partial charge in [-0.2, -0.15) is 0 Å². The molecule has 216 valence electrons. The third-order valence-electron chi connectivity index (χ3n) is 7.52. The highest BCUT2D eigenvalue weighted by atomic mass is 16.5. The number of carbonyl (C=O) groups is 1. The Morgan fingerprint density at radius 1 is 0.927 bits per heavy atom. The molecular formula is C34H42N4O3. The number of hydrogen-bond donors (Lipinski definition) is 1. The minimum absolute atomic E-state index is 0.197. The van der Waals surface area contributed by atoms with Crippen LogP contribution in [0, 0.1) is 0 Å². The third kappa shape index (κ3) is 5.99. The molecule has 1 aromatic heterocycles. The molecule has 0 aliphatic heterocycles. The number of rotatable bonds is 10. The number of nitrogens with one attached hydrogen (secondary N) is 1. The highest BCUT2D eigenvalue weighted by Crippen LogP contribution is 2.34. The second-order valence-corrected chi connectivity index (χ2v) is 11.0. The highest BCUT2D eigenvalue weighted by molar-refractivity contribution is 5.92. The Balaban J connectivity index is 1.91. The van der Waals surface area contributed by atoms with Crippen molar-refractivity contribution < 1.29 is 9.53 Å². The molecule has 7 heteroatoms. The van der Waals surface area contributed by atoms with Crippen molar-refractivity contribution in [3.05, 3.63) is 94.0 Å². The van der Waals surface area contributed by atoms with Crippen molar-refractivity contribution in [2.24, 2.45) is 0 Å². The van der Waals surface area contributed by atoms with Gasteiger partial charge >= 0.3 is 6.03 Å². The SMILES string of the molecule is CCCN(C(=O)Nc1c(C(C)C)cccc1C(C)C)C(CC)c1nc2ccccc2c(=O)n1-c1ccccc1OC. The van der Waals surface area contributed by atoms with E-state index in [0.717, 1.165) is 23.2 Å². The van der Waals surface area contributed by atoms with Crippen LogP contribution in [0.5, 0.6) is 5.75 Å². The maximum absolute atomic E-state index is 14.2. The summed E-state index contributed by atoms with van der Waals surface area (Å²) in [6, 6.07) is 20.3. The molecule has 1 N–H and O–H groups in total. The lowest BCUT2D eigenvalue weighted by atomic mass is 9.92. The summed E-state index contributed by atoms with van der Waals surface area (Å²) in [6.07, 6.45) is 1.31. The van der Waals surface area contributed by atoms with Crippen molar-refractivity contribution in [1.82, 2.24) is 14.5 Å². The van der Waals surface area contributed by atoms with Crippen LogP contribution in [0.1, 0.15) is 89.2 Å². The summed E-state index contributed by atoms with van der Waals surface area (Å²) >= 11 is 0. The minimum atomic E-state index is -0.467. The van der Waals surface area contributed by atoms with E-state index in [1.54, 1.807) is 17.7 Å². The van der Waals surface area contributed by atoms with Crippen molar-refractivity contribution in [2.45, 2.75) is 72.3 Å². The van der Waals surface area contributed by atoms with E-state index >= 15 is 0 Å². The normalized spacial score (nSPS) is 12.1. The van der Waals surface area contributed by atoms with Crippen molar-refractivity contribution in [1.29, 1.82) is 0 Å². The van der Waals surface area contributed by atoms with E-state index in [1.807, 2.05) is 54.3 Å².